The second-order valence-corrected chi connectivity index (χ2v) is 6.29. The maximum atomic E-state index is 6.04. The van der Waals surface area contributed by atoms with Gasteiger partial charge in [-0.1, -0.05) is 61.5 Å². The van der Waals surface area contributed by atoms with Crippen molar-refractivity contribution in [3.8, 4) is 5.75 Å². The lowest BCUT2D eigenvalue weighted by Crippen LogP contribution is -2.23. The summed E-state index contributed by atoms with van der Waals surface area (Å²) in [5.74, 6) is 0.600. The molecule has 0 aliphatic heterocycles. The topological polar surface area (TPSA) is 21.3 Å². The molecule has 5 heteroatoms. The summed E-state index contributed by atoms with van der Waals surface area (Å²) in [7, 11) is 0. The Morgan fingerprint density at radius 1 is 0.950 bits per heavy atom. The van der Waals surface area contributed by atoms with Gasteiger partial charge in [0, 0.05) is 12.1 Å². The third kappa shape index (κ3) is 7.03. The molecule has 20 heavy (non-hydrogen) atoms. The van der Waals surface area contributed by atoms with Gasteiger partial charge in [-0.05, 0) is 25.5 Å². The van der Waals surface area contributed by atoms with Gasteiger partial charge in [0.05, 0.1) is 21.7 Å². The summed E-state index contributed by atoms with van der Waals surface area (Å²) in [6.45, 7) is 6.05. The molecular formula is C15H22Cl3NO. The highest BCUT2D eigenvalue weighted by Gasteiger charge is 2.06. The number of rotatable bonds is 9. The molecule has 0 atom stereocenters. The van der Waals surface area contributed by atoms with Crippen molar-refractivity contribution in [2.75, 3.05) is 13.2 Å². The van der Waals surface area contributed by atoms with Crippen molar-refractivity contribution in [3.05, 3.63) is 27.2 Å². The van der Waals surface area contributed by atoms with Gasteiger partial charge >= 0.3 is 0 Å². The Bertz CT molecular complexity index is 410. The van der Waals surface area contributed by atoms with Crippen molar-refractivity contribution < 1.29 is 4.74 Å². The number of halogens is 3. The van der Waals surface area contributed by atoms with Gasteiger partial charge in [-0.25, -0.2) is 0 Å². The SMILES string of the molecule is CC(C)NCCCCCCOc1cc(Cl)c(Cl)cc1Cl. The predicted molar refractivity (Wildman–Crippen MR) is 88.6 cm³/mol. The van der Waals surface area contributed by atoms with E-state index < -0.39 is 0 Å². The Morgan fingerprint density at radius 2 is 1.60 bits per heavy atom. The van der Waals surface area contributed by atoms with E-state index in [2.05, 4.69) is 19.2 Å². The van der Waals surface area contributed by atoms with Crippen LogP contribution in [-0.4, -0.2) is 19.2 Å². The van der Waals surface area contributed by atoms with Crippen LogP contribution in [0, 0.1) is 0 Å². The molecule has 1 rings (SSSR count). The molecule has 0 saturated carbocycles. The summed E-state index contributed by atoms with van der Waals surface area (Å²) in [5.41, 5.74) is 0. The lowest BCUT2D eigenvalue weighted by Gasteiger charge is -2.10. The fourth-order valence-corrected chi connectivity index (χ4v) is 2.36. The number of hydrogen-bond donors (Lipinski definition) is 1. The van der Waals surface area contributed by atoms with E-state index in [4.69, 9.17) is 39.5 Å². The van der Waals surface area contributed by atoms with Crippen LogP contribution in [0.5, 0.6) is 5.75 Å². The summed E-state index contributed by atoms with van der Waals surface area (Å²) < 4.78 is 5.63. The molecule has 0 aliphatic rings. The minimum atomic E-state index is 0.446. The fourth-order valence-electron chi connectivity index (χ4n) is 1.77. The zero-order valence-corrected chi connectivity index (χ0v) is 14.3. The first-order chi connectivity index (χ1) is 9.50. The largest absolute Gasteiger partial charge is 0.492 e. The molecule has 0 amide bonds. The van der Waals surface area contributed by atoms with Crippen LogP contribution < -0.4 is 10.1 Å². The second kappa shape index (κ2) is 9.73. The van der Waals surface area contributed by atoms with Crippen LogP contribution in [0.15, 0.2) is 12.1 Å². The minimum Gasteiger partial charge on any atom is -0.492 e. The second-order valence-electron chi connectivity index (χ2n) is 5.07. The van der Waals surface area contributed by atoms with E-state index in [-0.39, 0.29) is 0 Å². The van der Waals surface area contributed by atoms with E-state index in [1.54, 1.807) is 12.1 Å². The molecule has 0 aromatic heterocycles. The molecule has 1 N–H and O–H groups in total. The average molecular weight is 339 g/mol. The summed E-state index contributed by atoms with van der Waals surface area (Å²) in [6.07, 6.45) is 4.57. The smallest absolute Gasteiger partial charge is 0.139 e. The Labute approximate surface area is 136 Å². The van der Waals surface area contributed by atoms with Crippen LogP contribution in [0.3, 0.4) is 0 Å². The molecule has 0 aliphatic carbocycles. The number of nitrogens with one attached hydrogen (secondary N) is 1. The Kier molecular flexibility index (Phi) is 8.70. The molecule has 0 spiro atoms. The van der Waals surface area contributed by atoms with E-state index in [1.165, 1.54) is 12.8 Å². The van der Waals surface area contributed by atoms with Crippen molar-refractivity contribution in [2.24, 2.45) is 0 Å². The van der Waals surface area contributed by atoms with E-state index in [0.717, 1.165) is 19.4 Å². The van der Waals surface area contributed by atoms with Gasteiger partial charge in [-0.2, -0.15) is 0 Å². The quantitative estimate of drug-likeness (QED) is 0.468. The molecule has 0 radical (unpaired) electrons. The van der Waals surface area contributed by atoms with E-state index in [9.17, 15) is 0 Å². The van der Waals surface area contributed by atoms with Crippen molar-refractivity contribution in [2.45, 2.75) is 45.6 Å². The highest BCUT2D eigenvalue weighted by Crippen LogP contribution is 2.33. The maximum Gasteiger partial charge on any atom is 0.139 e. The van der Waals surface area contributed by atoms with Crippen molar-refractivity contribution in [1.82, 2.24) is 5.32 Å². The van der Waals surface area contributed by atoms with Crippen molar-refractivity contribution in [1.29, 1.82) is 0 Å². The summed E-state index contributed by atoms with van der Waals surface area (Å²) >= 11 is 17.8. The molecule has 1 aromatic rings. The van der Waals surface area contributed by atoms with Crippen LogP contribution in [-0.2, 0) is 0 Å². The monoisotopic (exact) mass is 337 g/mol. The van der Waals surface area contributed by atoms with E-state index in [1.807, 2.05) is 0 Å². The number of ether oxygens (including phenoxy) is 1. The predicted octanol–water partition coefficient (Wildman–Crippen LogP) is 5.58. The van der Waals surface area contributed by atoms with Gasteiger partial charge in [0.25, 0.3) is 0 Å². The Balaban J connectivity index is 2.14. The summed E-state index contributed by atoms with van der Waals surface area (Å²) in [4.78, 5) is 0. The van der Waals surface area contributed by atoms with Gasteiger partial charge in [0.15, 0.2) is 0 Å². The van der Waals surface area contributed by atoms with Crippen molar-refractivity contribution in [3.63, 3.8) is 0 Å². The van der Waals surface area contributed by atoms with Gasteiger partial charge in [0.2, 0.25) is 0 Å². The lowest BCUT2D eigenvalue weighted by atomic mass is 10.2. The van der Waals surface area contributed by atoms with Gasteiger partial charge < -0.3 is 10.1 Å². The maximum absolute atomic E-state index is 6.04. The first-order valence-electron chi connectivity index (χ1n) is 7.01. The van der Waals surface area contributed by atoms with Gasteiger partial charge in [0.1, 0.15) is 5.75 Å². The number of hydrogen-bond acceptors (Lipinski definition) is 2. The first-order valence-corrected chi connectivity index (χ1v) is 8.15. The van der Waals surface area contributed by atoms with E-state index in [0.29, 0.717) is 33.5 Å². The standard InChI is InChI=1S/C15H22Cl3NO/c1-11(2)19-7-5-3-4-6-8-20-15-10-13(17)12(16)9-14(15)18/h9-11,19H,3-8H2,1-2H3. The normalized spacial score (nSPS) is 11.1. The third-order valence-corrected chi connectivity index (χ3v) is 3.87. The summed E-state index contributed by atoms with van der Waals surface area (Å²) in [5, 5.41) is 4.82. The molecule has 0 saturated heterocycles. The van der Waals surface area contributed by atoms with Crippen LogP contribution in [0.2, 0.25) is 15.1 Å². The molecule has 0 fully saturated rings. The highest BCUT2D eigenvalue weighted by atomic mass is 35.5. The fraction of sp³-hybridized carbons (Fsp3) is 0.600. The van der Waals surface area contributed by atoms with Crippen LogP contribution in [0.1, 0.15) is 39.5 Å². The zero-order chi connectivity index (χ0) is 15.0. The van der Waals surface area contributed by atoms with E-state index >= 15 is 0 Å². The van der Waals surface area contributed by atoms with Crippen molar-refractivity contribution >= 4 is 34.8 Å². The molecule has 2 nitrogen and oxygen atoms in total. The Hall–Kier alpha value is -0.150. The molecule has 114 valence electrons. The minimum absolute atomic E-state index is 0.446. The molecule has 0 bridgehead atoms. The number of benzene rings is 1. The molecular weight excluding hydrogens is 317 g/mol. The zero-order valence-electron chi connectivity index (χ0n) is 12.0. The lowest BCUT2D eigenvalue weighted by molar-refractivity contribution is 0.304. The van der Waals surface area contributed by atoms with Crippen LogP contribution in [0.25, 0.3) is 0 Å². The molecule has 0 unspecified atom stereocenters. The van der Waals surface area contributed by atoms with Crippen LogP contribution >= 0.6 is 34.8 Å². The van der Waals surface area contributed by atoms with Gasteiger partial charge in [-0.3, -0.25) is 0 Å². The molecule has 0 heterocycles. The highest BCUT2D eigenvalue weighted by molar-refractivity contribution is 6.43. The molecule has 1 aromatic carbocycles. The summed E-state index contributed by atoms with van der Waals surface area (Å²) in [6, 6.07) is 3.84. The first kappa shape index (κ1) is 17.9. The third-order valence-electron chi connectivity index (χ3n) is 2.86. The average Bonchev–Trinajstić information content (AvgIpc) is 2.38. The van der Waals surface area contributed by atoms with Crippen LogP contribution in [0.4, 0.5) is 0 Å². The Morgan fingerprint density at radius 3 is 2.30 bits per heavy atom. The number of unbranched alkanes of at least 4 members (excludes halogenated alkanes) is 3. The van der Waals surface area contributed by atoms with Gasteiger partial charge in [-0.15, -0.1) is 0 Å².